The van der Waals surface area contributed by atoms with Crippen LogP contribution in [0, 0.1) is 11.6 Å². The number of amides is 1. The average Bonchev–Trinajstić information content (AvgIpc) is 3.04. The summed E-state index contributed by atoms with van der Waals surface area (Å²) in [4.78, 5) is 17.7. The Bertz CT molecular complexity index is 696. The molecule has 0 aliphatic carbocycles. The molecule has 1 aliphatic heterocycles. The molecule has 0 N–H and O–H groups in total. The second kappa shape index (κ2) is 5.98. The van der Waals surface area contributed by atoms with E-state index in [1.54, 1.807) is 0 Å². The fourth-order valence-corrected chi connectivity index (χ4v) is 2.38. The van der Waals surface area contributed by atoms with E-state index in [0.29, 0.717) is 0 Å². The summed E-state index contributed by atoms with van der Waals surface area (Å²) >= 11 is 5.49. The van der Waals surface area contributed by atoms with Crippen molar-refractivity contribution in [1.29, 1.82) is 0 Å². The molecule has 6 nitrogen and oxygen atoms in total. The molecule has 0 radical (unpaired) electrons. The first-order chi connectivity index (χ1) is 10.6. The van der Waals surface area contributed by atoms with Crippen LogP contribution in [-0.2, 0) is 4.74 Å². The molecule has 2 aromatic rings. The largest absolute Gasteiger partial charge is 0.377 e. The molecule has 0 unspecified atom stereocenters. The van der Waals surface area contributed by atoms with Crippen molar-refractivity contribution in [3.8, 4) is 0 Å². The van der Waals surface area contributed by atoms with E-state index in [1.165, 1.54) is 4.90 Å². The maximum absolute atomic E-state index is 13.9. The molecule has 0 saturated carbocycles. The fourth-order valence-electron chi connectivity index (χ4n) is 2.23. The van der Waals surface area contributed by atoms with Crippen molar-refractivity contribution in [2.45, 2.75) is 6.04 Å². The molecule has 116 valence electrons. The lowest BCUT2D eigenvalue weighted by molar-refractivity contribution is -0.00602. The number of aromatic nitrogens is 2. The standard InChI is InChI=1S/C13H10ClF2N3O3/c14-8-4-9(15)7(3-10(8)16)13(20)19-1-2-21-5-11(19)12-17-6-22-18-12/h3-4,6,11H,1-2,5H2/t11-/m0/s1. The van der Waals surface area contributed by atoms with E-state index in [1.807, 2.05) is 0 Å². The van der Waals surface area contributed by atoms with Gasteiger partial charge in [-0.3, -0.25) is 4.79 Å². The zero-order valence-electron chi connectivity index (χ0n) is 11.1. The van der Waals surface area contributed by atoms with Crippen LogP contribution in [0.3, 0.4) is 0 Å². The Morgan fingerprint density at radius 2 is 2.18 bits per heavy atom. The molecule has 1 aromatic heterocycles. The number of nitrogens with zero attached hydrogens (tertiary/aromatic N) is 3. The van der Waals surface area contributed by atoms with Crippen LogP contribution >= 0.6 is 11.6 Å². The van der Waals surface area contributed by atoms with Crippen molar-refractivity contribution in [2.24, 2.45) is 0 Å². The van der Waals surface area contributed by atoms with Crippen molar-refractivity contribution in [3.05, 3.63) is 46.6 Å². The number of morpholine rings is 1. The summed E-state index contributed by atoms with van der Waals surface area (Å²) in [5.74, 6) is -2.21. The van der Waals surface area contributed by atoms with Gasteiger partial charge in [0.25, 0.3) is 5.91 Å². The first-order valence-electron chi connectivity index (χ1n) is 6.37. The summed E-state index contributed by atoms with van der Waals surface area (Å²) in [5.41, 5.74) is -0.405. The minimum absolute atomic E-state index is 0.142. The lowest BCUT2D eigenvalue weighted by Crippen LogP contribution is -2.44. The highest BCUT2D eigenvalue weighted by molar-refractivity contribution is 6.30. The second-order valence-electron chi connectivity index (χ2n) is 4.62. The third-order valence-electron chi connectivity index (χ3n) is 3.31. The average molecular weight is 330 g/mol. The van der Waals surface area contributed by atoms with Crippen LogP contribution in [0.1, 0.15) is 22.2 Å². The molecule has 1 fully saturated rings. The van der Waals surface area contributed by atoms with Crippen molar-refractivity contribution < 1.29 is 22.8 Å². The molecule has 1 saturated heterocycles. The number of carbonyl (C=O) groups excluding carboxylic acids is 1. The highest BCUT2D eigenvalue weighted by atomic mass is 35.5. The van der Waals surface area contributed by atoms with E-state index >= 15 is 0 Å². The van der Waals surface area contributed by atoms with Gasteiger partial charge in [0.05, 0.1) is 23.8 Å². The van der Waals surface area contributed by atoms with Crippen molar-refractivity contribution in [1.82, 2.24) is 15.0 Å². The molecule has 22 heavy (non-hydrogen) atoms. The number of halogens is 3. The lowest BCUT2D eigenvalue weighted by atomic mass is 10.1. The third kappa shape index (κ3) is 2.67. The van der Waals surface area contributed by atoms with Crippen molar-refractivity contribution in [2.75, 3.05) is 19.8 Å². The van der Waals surface area contributed by atoms with Crippen LogP contribution in [-0.4, -0.2) is 40.7 Å². The summed E-state index contributed by atoms with van der Waals surface area (Å²) in [5, 5.41) is 3.29. The van der Waals surface area contributed by atoms with Crippen molar-refractivity contribution in [3.63, 3.8) is 0 Å². The predicted molar refractivity (Wildman–Crippen MR) is 70.3 cm³/mol. The monoisotopic (exact) mass is 329 g/mol. The van der Waals surface area contributed by atoms with Gasteiger partial charge in [-0.2, -0.15) is 4.98 Å². The highest BCUT2D eigenvalue weighted by Crippen LogP contribution is 2.26. The van der Waals surface area contributed by atoms with Gasteiger partial charge in [-0.15, -0.1) is 0 Å². The van der Waals surface area contributed by atoms with E-state index in [2.05, 4.69) is 14.7 Å². The Morgan fingerprint density at radius 1 is 1.36 bits per heavy atom. The molecule has 1 atom stereocenters. The smallest absolute Gasteiger partial charge is 0.257 e. The third-order valence-corrected chi connectivity index (χ3v) is 3.60. The molecule has 1 aliphatic rings. The van der Waals surface area contributed by atoms with Crippen molar-refractivity contribution >= 4 is 17.5 Å². The summed E-state index contributed by atoms with van der Waals surface area (Å²) in [6.45, 7) is 0.614. The van der Waals surface area contributed by atoms with E-state index in [9.17, 15) is 13.6 Å². The lowest BCUT2D eigenvalue weighted by Gasteiger charge is -2.33. The summed E-state index contributed by atoms with van der Waals surface area (Å²) in [6, 6.07) is 0.926. The van der Waals surface area contributed by atoms with Gasteiger partial charge in [-0.1, -0.05) is 16.8 Å². The molecular weight excluding hydrogens is 320 g/mol. The van der Waals surface area contributed by atoms with Crippen LogP contribution in [0.4, 0.5) is 8.78 Å². The quantitative estimate of drug-likeness (QED) is 0.790. The minimum atomic E-state index is -0.894. The Labute approximate surface area is 128 Å². The van der Waals surface area contributed by atoms with E-state index in [-0.39, 0.29) is 30.6 Å². The minimum Gasteiger partial charge on any atom is -0.377 e. The molecule has 0 spiro atoms. The molecule has 1 aromatic carbocycles. The molecule has 3 rings (SSSR count). The van der Waals surface area contributed by atoms with Gasteiger partial charge in [-0.05, 0) is 12.1 Å². The number of rotatable bonds is 2. The number of ether oxygens (including phenoxy) is 1. The molecule has 1 amide bonds. The van der Waals surface area contributed by atoms with Crippen LogP contribution in [0.5, 0.6) is 0 Å². The van der Waals surface area contributed by atoms with Gasteiger partial charge in [-0.25, -0.2) is 8.78 Å². The molecule has 2 heterocycles. The van der Waals surface area contributed by atoms with E-state index in [4.69, 9.17) is 16.3 Å². The maximum Gasteiger partial charge on any atom is 0.257 e. The van der Waals surface area contributed by atoms with Gasteiger partial charge in [0.15, 0.2) is 5.82 Å². The van der Waals surface area contributed by atoms with Gasteiger partial charge in [0.2, 0.25) is 6.39 Å². The zero-order valence-corrected chi connectivity index (χ0v) is 11.9. The Morgan fingerprint density at radius 3 is 2.91 bits per heavy atom. The number of carbonyl (C=O) groups is 1. The highest BCUT2D eigenvalue weighted by Gasteiger charge is 2.33. The van der Waals surface area contributed by atoms with Gasteiger partial charge in [0, 0.05) is 6.54 Å². The van der Waals surface area contributed by atoms with Crippen LogP contribution in [0.15, 0.2) is 23.0 Å². The van der Waals surface area contributed by atoms with Crippen LogP contribution in [0.25, 0.3) is 0 Å². The normalized spacial score (nSPS) is 18.5. The fraction of sp³-hybridized carbons (Fsp3) is 0.308. The topological polar surface area (TPSA) is 68.5 Å². The SMILES string of the molecule is O=C(c1cc(F)c(Cl)cc1F)N1CCOC[C@H]1c1ncon1. The maximum atomic E-state index is 13.9. The molecule has 0 bridgehead atoms. The van der Waals surface area contributed by atoms with E-state index < -0.39 is 29.1 Å². The van der Waals surface area contributed by atoms with Crippen LogP contribution in [0.2, 0.25) is 5.02 Å². The summed E-state index contributed by atoms with van der Waals surface area (Å²) < 4.78 is 37.4. The predicted octanol–water partition coefficient (Wildman–Crippen LogP) is 2.21. The second-order valence-corrected chi connectivity index (χ2v) is 5.03. The number of hydrogen-bond acceptors (Lipinski definition) is 5. The van der Waals surface area contributed by atoms with Gasteiger partial charge >= 0.3 is 0 Å². The Kier molecular flexibility index (Phi) is 4.04. The Balaban J connectivity index is 1.94. The molecule has 9 heteroatoms. The van der Waals surface area contributed by atoms with Gasteiger partial charge in [0.1, 0.15) is 17.7 Å². The zero-order chi connectivity index (χ0) is 15.7. The molecular formula is C13H10ClF2N3O3. The van der Waals surface area contributed by atoms with Crippen LogP contribution < -0.4 is 0 Å². The first kappa shape index (κ1) is 14.9. The summed E-state index contributed by atoms with van der Waals surface area (Å²) in [7, 11) is 0. The van der Waals surface area contributed by atoms with Gasteiger partial charge < -0.3 is 14.2 Å². The first-order valence-corrected chi connectivity index (χ1v) is 6.75. The Hall–Kier alpha value is -2.06. The van der Waals surface area contributed by atoms with E-state index in [0.717, 1.165) is 18.5 Å². The number of hydrogen-bond donors (Lipinski definition) is 0. The summed E-state index contributed by atoms with van der Waals surface area (Å²) in [6.07, 6.45) is 1.12. The number of benzene rings is 1.